The molecular weight excluding hydrogens is 498 g/mol. The third-order valence-corrected chi connectivity index (χ3v) is 8.71. The number of nitrogens with zero attached hydrogens (tertiary/aromatic N) is 3. The summed E-state index contributed by atoms with van der Waals surface area (Å²) in [4.78, 5) is 23.2. The fraction of sp³-hybridized carbons (Fsp3) is 0.290. The van der Waals surface area contributed by atoms with Crippen molar-refractivity contribution in [3.8, 4) is 0 Å². The number of thioether (sulfide) groups is 1. The van der Waals surface area contributed by atoms with E-state index in [1.165, 1.54) is 22.9 Å². The van der Waals surface area contributed by atoms with Crippen LogP contribution in [0.1, 0.15) is 49.8 Å². The maximum atomic E-state index is 13.6. The normalized spacial score (nSPS) is 21.1. The zero-order valence-electron chi connectivity index (χ0n) is 21.7. The number of carbonyl (C=O) groups is 1. The van der Waals surface area contributed by atoms with Crippen molar-refractivity contribution in [1.82, 2.24) is 4.90 Å². The predicted molar refractivity (Wildman–Crippen MR) is 158 cm³/mol. The van der Waals surface area contributed by atoms with Crippen molar-refractivity contribution in [2.75, 3.05) is 18.5 Å². The molecule has 4 nitrogen and oxygen atoms in total. The van der Waals surface area contributed by atoms with E-state index in [9.17, 15) is 4.79 Å². The van der Waals surface area contributed by atoms with Crippen molar-refractivity contribution in [3.63, 3.8) is 0 Å². The monoisotopic (exact) mass is 529 g/mol. The van der Waals surface area contributed by atoms with Gasteiger partial charge in [-0.1, -0.05) is 67.1 Å². The molecule has 190 valence electrons. The van der Waals surface area contributed by atoms with Gasteiger partial charge in [-0.15, -0.1) is 0 Å². The van der Waals surface area contributed by atoms with Crippen LogP contribution in [-0.2, 0) is 11.2 Å². The highest BCUT2D eigenvalue weighted by molar-refractivity contribution is 8.18. The van der Waals surface area contributed by atoms with Gasteiger partial charge in [0.1, 0.15) is 0 Å². The van der Waals surface area contributed by atoms with E-state index in [1.54, 1.807) is 4.90 Å². The largest absolute Gasteiger partial charge is 0.369 e. The van der Waals surface area contributed by atoms with Gasteiger partial charge in [0, 0.05) is 29.8 Å². The second kappa shape index (κ2) is 10.4. The SMILES string of the molecule is CC1CC(C)(C)N(C)c2cc(Cl)c(/C=C3/SC(=Nc4ccccc4)N(CCc4ccccc4)C3=O)cc21. The summed E-state index contributed by atoms with van der Waals surface area (Å²) >= 11 is 8.22. The maximum absolute atomic E-state index is 13.6. The molecule has 1 atom stereocenters. The summed E-state index contributed by atoms with van der Waals surface area (Å²) in [6.45, 7) is 7.36. The van der Waals surface area contributed by atoms with Crippen LogP contribution in [0.5, 0.6) is 0 Å². The molecule has 2 heterocycles. The van der Waals surface area contributed by atoms with Gasteiger partial charge in [0.2, 0.25) is 0 Å². The predicted octanol–water partition coefficient (Wildman–Crippen LogP) is 7.91. The third kappa shape index (κ3) is 5.34. The summed E-state index contributed by atoms with van der Waals surface area (Å²) in [5, 5.41) is 1.35. The van der Waals surface area contributed by atoms with E-state index in [2.05, 4.69) is 57.0 Å². The molecule has 1 unspecified atom stereocenters. The molecule has 0 radical (unpaired) electrons. The summed E-state index contributed by atoms with van der Waals surface area (Å²) in [6.07, 6.45) is 3.75. The molecule has 0 bridgehead atoms. The Hall–Kier alpha value is -3.02. The van der Waals surface area contributed by atoms with E-state index >= 15 is 0 Å². The average Bonchev–Trinajstić information content (AvgIpc) is 3.16. The zero-order valence-corrected chi connectivity index (χ0v) is 23.3. The van der Waals surface area contributed by atoms with Gasteiger partial charge in [-0.3, -0.25) is 9.69 Å². The van der Waals surface area contributed by atoms with Crippen LogP contribution in [0.15, 0.2) is 82.7 Å². The first-order chi connectivity index (χ1) is 17.7. The molecular formula is C31H32ClN3OS. The van der Waals surface area contributed by atoms with Crippen LogP contribution in [0, 0.1) is 0 Å². The van der Waals surface area contributed by atoms with Crippen molar-refractivity contribution in [2.24, 2.45) is 4.99 Å². The smallest absolute Gasteiger partial charge is 0.266 e. The Morgan fingerprint density at radius 3 is 2.46 bits per heavy atom. The van der Waals surface area contributed by atoms with Gasteiger partial charge in [-0.2, -0.15) is 0 Å². The van der Waals surface area contributed by atoms with E-state index < -0.39 is 0 Å². The van der Waals surface area contributed by atoms with Crippen LogP contribution in [0.25, 0.3) is 6.08 Å². The van der Waals surface area contributed by atoms with E-state index in [-0.39, 0.29) is 11.4 Å². The van der Waals surface area contributed by atoms with Gasteiger partial charge in [0.05, 0.1) is 10.6 Å². The van der Waals surface area contributed by atoms with E-state index in [0.717, 1.165) is 29.8 Å². The summed E-state index contributed by atoms with van der Waals surface area (Å²) in [5.74, 6) is 0.371. The van der Waals surface area contributed by atoms with Crippen molar-refractivity contribution in [1.29, 1.82) is 0 Å². The van der Waals surface area contributed by atoms with E-state index in [0.29, 0.717) is 27.6 Å². The molecule has 1 fully saturated rings. The van der Waals surface area contributed by atoms with Crippen molar-refractivity contribution in [3.05, 3.63) is 99.4 Å². The molecule has 3 aromatic rings. The molecule has 0 saturated carbocycles. The van der Waals surface area contributed by atoms with Gasteiger partial charge in [0.25, 0.3) is 5.91 Å². The van der Waals surface area contributed by atoms with Gasteiger partial charge in [-0.25, -0.2) is 4.99 Å². The summed E-state index contributed by atoms with van der Waals surface area (Å²) in [5.41, 5.74) is 5.39. The molecule has 2 aliphatic heterocycles. The Bertz CT molecular complexity index is 1370. The number of hydrogen-bond donors (Lipinski definition) is 0. The first-order valence-corrected chi connectivity index (χ1v) is 13.9. The first kappa shape index (κ1) is 25.6. The molecule has 2 aliphatic rings. The number of aliphatic imine (C=N–C) groups is 1. The second-order valence-electron chi connectivity index (χ2n) is 10.4. The fourth-order valence-electron chi connectivity index (χ4n) is 5.14. The van der Waals surface area contributed by atoms with Crippen LogP contribution in [0.2, 0.25) is 5.02 Å². The Balaban J connectivity index is 1.49. The van der Waals surface area contributed by atoms with Crippen molar-refractivity contribution >= 4 is 51.9 Å². The molecule has 0 aromatic heterocycles. The Morgan fingerprint density at radius 1 is 1.08 bits per heavy atom. The highest BCUT2D eigenvalue weighted by Crippen LogP contribution is 2.45. The Kier molecular flexibility index (Phi) is 7.19. The minimum atomic E-state index is -0.0318. The standard InChI is InChI=1S/C31H32ClN3OS/c1-21-20-31(2,3)34(4)27-19-26(32)23(17-25(21)27)18-28-29(36)35(16-15-22-11-7-5-8-12-22)30(37-28)33-24-13-9-6-10-14-24/h5-14,17-19,21H,15-16,20H2,1-4H3/b28-18+,33-30?. The molecule has 1 amide bonds. The van der Waals surface area contributed by atoms with Crippen LogP contribution >= 0.6 is 23.4 Å². The number of amides is 1. The number of hydrogen-bond acceptors (Lipinski definition) is 4. The number of rotatable bonds is 5. The lowest BCUT2D eigenvalue weighted by Gasteiger charge is -2.45. The molecule has 3 aromatic carbocycles. The first-order valence-electron chi connectivity index (χ1n) is 12.7. The molecule has 0 aliphatic carbocycles. The summed E-state index contributed by atoms with van der Waals surface area (Å²) < 4.78 is 0. The average molecular weight is 530 g/mol. The van der Waals surface area contributed by atoms with Crippen LogP contribution in [0.3, 0.4) is 0 Å². The maximum Gasteiger partial charge on any atom is 0.266 e. The van der Waals surface area contributed by atoms with Crippen LogP contribution < -0.4 is 4.90 Å². The highest BCUT2D eigenvalue weighted by Gasteiger charge is 2.36. The zero-order chi connectivity index (χ0) is 26.2. The molecule has 6 heteroatoms. The quantitative estimate of drug-likeness (QED) is 0.315. The van der Waals surface area contributed by atoms with Crippen LogP contribution in [0.4, 0.5) is 11.4 Å². The van der Waals surface area contributed by atoms with Crippen LogP contribution in [-0.4, -0.2) is 35.1 Å². The second-order valence-corrected chi connectivity index (χ2v) is 11.9. The van der Waals surface area contributed by atoms with Gasteiger partial charge in [0.15, 0.2) is 5.17 Å². The fourth-order valence-corrected chi connectivity index (χ4v) is 6.37. The third-order valence-electron chi connectivity index (χ3n) is 7.37. The van der Waals surface area contributed by atoms with E-state index in [1.807, 2.05) is 54.6 Å². The number of carbonyl (C=O) groups excluding carboxylic acids is 1. The lowest BCUT2D eigenvalue weighted by atomic mass is 9.80. The lowest BCUT2D eigenvalue weighted by Crippen LogP contribution is -2.45. The molecule has 1 saturated heterocycles. The number of para-hydroxylation sites is 1. The Morgan fingerprint density at radius 2 is 1.76 bits per heavy atom. The van der Waals surface area contributed by atoms with Crippen molar-refractivity contribution < 1.29 is 4.79 Å². The van der Waals surface area contributed by atoms with E-state index in [4.69, 9.17) is 16.6 Å². The molecule has 0 N–H and O–H groups in total. The van der Waals surface area contributed by atoms with Gasteiger partial charge >= 0.3 is 0 Å². The number of amidine groups is 1. The van der Waals surface area contributed by atoms with Crippen molar-refractivity contribution in [2.45, 2.75) is 45.1 Å². The minimum Gasteiger partial charge on any atom is -0.369 e. The Labute approximate surface area is 229 Å². The number of fused-ring (bicyclic) bond motifs is 1. The summed E-state index contributed by atoms with van der Waals surface area (Å²) in [7, 11) is 2.13. The number of anilines is 1. The topological polar surface area (TPSA) is 35.9 Å². The molecule has 37 heavy (non-hydrogen) atoms. The number of halogens is 1. The highest BCUT2D eigenvalue weighted by atomic mass is 35.5. The minimum absolute atomic E-state index is 0.0318. The molecule has 0 spiro atoms. The molecule has 5 rings (SSSR count). The summed E-state index contributed by atoms with van der Waals surface area (Å²) in [6, 6.07) is 24.2. The van der Waals surface area contributed by atoms with Gasteiger partial charge in [-0.05, 0) is 91.4 Å². The van der Waals surface area contributed by atoms with Gasteiger partial charge < -0.3 is 4.90 Å². The lowest BCUT2D eigenvalue weighted by molar-refractivity contribution is -0.122. The number of benzene rings is 3.